The van der Waals surface area contributed by atoms with Crippen molar-refractivity contribution in [2.75, 3.05) is 38.7 Å². The van der Waals surface area contributed by atoms with Crippen molar-refractivity contribution in [3.63, 3.8) is 0 Å². The SMILES string of the molecule is C=CCOc1ccccc1NCC(=O)NCCCOC. The molecule has 0 aromatic heterocycles. The first-order chi connectivity index (χ1) is 9.77. The van der Waals surface area contributed by atoms with Crippen molar-refractivity contribution in [2.24, 2.45) is 0 Å². The molecule has 0 aliphatic heterocycles. The van der Waals surface area contributed by atoms with Gasteiger partial charge in [0.2, 0.25) is 5.91 Å². The summed E-state index contributed by atoms with van der Waals surface area (Å²) >= 11 is 0. The van der Waals surface area contributed by atoms with E-state index in [0.717, 1.165) is 12.1 Å². The monoisotopic (exact) mass is 278 g/mol. The van der Waals surface area contributed by atoms with Crippen LogP contribution in [-0.4, -0.2) is 39.3 Å². The first kappa shape index (κ1) is 16.0. The largest absolute Gasteiger partial charge is 0.487 e. The number of methoxy groups -OCH3 is 1. The van der Waals surface area contributed by atoms with Crippen LogP contribution in [0.25, 0.3) is 0 Å². The molecule has 5 nitrogen and oxygen atoms in total. The van der Waals surface area contributed by atoms with Crippen LogP contribution in [-0.2, 0) is 9.53 Å². The topological polar surface area (TPSA) is 59.6 Å². The van der Waals surface area contributed by atoms with E-state index in [1.807, 2.05) is 24.3 Å². The van der Waals surface area contributed by atoms with Gasteiger partial charge in [0.05, 0.1) is 12.2 Å². The molecule has 0 fully saturated rings. The lowest BCUT2D eigenvalue weighted by Crippen LogP contribution is -2.31. The highest BCUT2D eigenvalue weighted by molar-refractivity contribution is 5.81. The molecule has 1 amide bonds. The second-order valence-electron chi connectivity index (χ2n) is 4.15. The summed E-state index contributed by atoms with van der Waals surface area (Å²) in [4.78, 5) is 11.6. The molecule has 0 unspecified atom stereocenters. The van der Waals surface area contributed by atoms with Crippen molar-refractivity contribution < 1.29 is 14.3 Å². The second kappa shape index (κ2) is 9.86. The van der Waals surface area contributed by atoms with E-state index < -0.39 is 0 Å². The van der Waals surface area contributed by atoms with Crippen molar-refractivity contribution in [3.8, 4) is 5.75 Å². The Morgan fingerprint density at radius 2 is 2.20 bits per heavy atom. The van der Waals surface area contributed by atoms with Gasteiger partial charge in [-0.15, -0.1) is 0 Å². The molecule has 0 aliphatic rings. The van der Waals surface area contributed by atoms with Gasteiger partial charge in [0.15, 0.2) is 0 Å². The number of carbonyl (C=O) groups is 1. The van der Waals surface area contributed by atoms with Gasteiger partial charge >= 0.3 is 0 Å². The molecule has 0 bridgehead atoms. The zero-order valence-electron chi connectivity index (χ0n) is 11.9. The standard InChI is InChI=1S/C15H22N2O3/c1-3-10-20-14-8-5-4-7-13(14)17-12-15(18)16-9-6-11-19-2/h3-5,7-8,17H,1,6,9-12H2,2H3,(H,16,18). The summed E-state index contributed by atoms with van der Waals surface area (Å²) in [7, 11) is 1.64. The van der Waals surface area contributed by atoms with Gasteiger partial charge in [0, 0.05) is 20.3 Å². The maximum Gasteiger partial charge on any atom is 0.239 e. The third-order valence-electron chi connectivity index (χ3n) is 2.53. The highest BCUT2D eigenvalue weighted by Crippen LogP contribution is 2.23. The Morgan fingerprint density at radius 1 is 1.40 bits per heavy atom. The number of hydrogen-bond donors (Lipinski definition) is 2. The van der Waals surface area contributed by atoms with E-state index in [9.17, 15) is 4.79 Å². The maximum absolute atomic E-state index is 11.6. The fourth-order valence-electron chi connectivity index (χ4n) is 1.57. The summed E-state index contributed by atoms with van der Waals surface area (Å²) in [6.07, 6.45) is 2.49. The van der Waals surface area contributed by atoms with Gasteiger partial charge in [-0.2, -0.15) is 0 Å². The molecule has 0 spiro atoms. The minimum absolute atomic E-state index is 0.0559. The normalized spacial score (nSPS) is 9.85. The van der Waals surface area contributed by atoms with Crippen molar-refractivity contribution in [2.45, 2.75) is 6.42 Å². The molecule has 0 saturated heterocycles. The lowest BCUT2D eigenvalue weighted by molar-refractivity contribution is -0.119. The fourth-order valence-corrected chi connectivity index (χ4v) is 1.57. The van der Waals surface area contributed by atoms with Crippen molar-refractivity contribution >= 4 is 11.6 Å². The van der Waals surface area contributed by atoms with Crippen LogP contribution in [0.15, 0.2) is 36.9 Å². The summed E-state index contributed by atoms with van der Waals surface area (Å²) in [5, 5.41) is 5.87. The molecule has 0 radical (unpaired) electrons. The smallest absolute Gasteiger partial charge is 0.239 e. The third kappa shape index (κ3) is 6.24. The number of amides is 1. The van der Waals surface area contributed by atoms with E-state index in [-0.39, 0.29) is 12.5 Å². The first-order valence-electron chi connectivity index (χ1n) is 6.60. The van der Waals surface area contributed by atoms with Crippen molar-refractivity contribution in [1.82, 2.24) is 5.32 Å². The quantitative estimate of drug-likeness (QED) is 0.506. The maximum atomic E-state index is 11.6. The average molecular weight is 278 g/mol. The van der Waals surface area contributed by atoms with Crippen LogP contribution in [0, 0.1) is 0 Å². The lowest BCUT2D eigenvalue weighted by atomic mass is 10.3. The third-order valence-corrected chi connectivity index (χ3v) is 2.53. The molecule has 0 heterocycles. The predicted octanol–water partition coefficient (Wildman–Crippen LogP) is 1.82. The highest BCUT2D eigenvalue weighted by atomic mass is 16.5. The van der Waals surface area contributed by atoms with Crippen LogP contribution < -0.4 is 15.4 Å². The van der Waals surface area contributed by atoms with Crippen molar-refractivity contribution in [3.05, 3.63) is 36.9 Å². The first-order valence-corrected chi connectivity index (χ1v) is 6.60. The molecule has 20 heavy (non-hydrogen) atoms. The molecule has 1 aromatic rings. The molecule has 0 atom stereocenters. The van der Waals surface area contributed by atoms with Gasteiger partial charge in [-0.1, -0.05) is 24.8 Å². The van der Waals surface area contributed by atoms with Crippen LogP contribution in [0.3, 0.4) is 0 Å². The number of anilines is 1. The number of benzene rings is 1. The Morgan fingerprint density at radius 3 is 2.95 bits per heavy atom. The Balaban J connectivity index is 2.36. The minimum Gasteiger partial charge on any atom is -0.487 e. The number of rotatable bonds is 10. The average Bonchev–Trinajstić information content (AvgIpc) is 2.48. The van der Waals surface area contributed by atoms with Crippen molar-refractivity contribution in [1.29, 1.82) is 0 Å². The van der Waals surface area contributed by atoms with Gasteiger partial charge in [0.1, 0.15) is 12.4 Å². The molecule has 1 aromatic carbocycles. The van der Waals surface area contributed by atoms with Gasteiger partial charge < -0.3 is 20.1 Å². The van der Waals surface area contributed by atoms with E-state index in [4.69, 9.17) is 9.47 Å². The Kier molecular flexibility index (Phi) is 7.91. The number of para-hydroxylation sites is 2. The summed E-state index contributed by atoms with van der Waals surface area (Å²) in [5.74, 6) is 0.652. The molecule has 0 aliphatic carbocycles. The van der Waals surface area contributed by atoms with E-state index in [1.54, 1.807) is 13.2 Å². The zero-order valence-corrected chi connectivity index (χ0v) is 11.9. The Hall–Kier alpha value is -2.01. The minimum atomic E-state index is -0.0559. The molecule has 110 valence electrons. The number of ether oxygens (including phenoxy) is 2. The van der Waals surface area contributed by atoms with E-state index in [2.05, 4.69) is 17.2 Å². The Labute approximate surface area is 120 Å². The second-order valence-corrected chi connectivity index (χ2v) is 4.15. The fraction of sp³-hybridized carbons (Fsp3) is 0.400. The highest BCUT2D eigenvalue weighted by Gasteiger charge is 2.04. The Bertz CT molecular complexity index is 421. The van der Waals surface area contributed by atoms with Gasteiger partial charge in [-0.25, -0.2) is 0 Å². The zero-order chi connectivity index (χ0) is 14.6. The molecule has 5 heteroatoms. The molecular formula is C15H22N2O3. The van der Waals surface area contributed by atoms with E-state index >= 15 is 0 Å². The van der Waals surface area contributed by atoms with Crippen LogP contribution in [0.4, 0.5) is 5.69 Å². The number of nitrogens with one attached hydrogen (secondary N) is 2. The van der Waals surface area contributed by atoms with Crippen LogP contribution in [0.5, 0.6) is 5.75 Å². The molecular weight excluding hydrogens is 256 g/mol. The molecule has 0 saturated carbocycles. The van der Waals surface area contributed by atoms with E-state index in [1.165, 1.54) is 0 Å². The summed E-state index contributed by atoms with van der Waals surface area (Å²) < 4.78 is 10.4. The van der Waals surface area contributed by atoms with Crippen LogP contribution in [0.1, 0.15) is 6.42 Å². The molecule has 1 rings (SSSR count). The summed E-state index contributed by atoms with van der Waals surface area (Å²) in [6.45, 7) is 5.51. The van der Waals surface area contributed by atoms with Gasteiger partial charge in [-0.05, 0) is 18.6 Å². The van der Waals surface area contributed by atoms with Crippen LogP contribution >= 0.6 is 0 Å². The summed E-state index contributed by atoms with van der Waals surface area (Å²) in [5.41, 5.74) is 0.793. The van der Waals surface area contributed by atoms with Crippen LogP contribution in [0.2, 0.25) is 0 Å². The lowest BCUT2D eigenvalue weighted by Gasteiger charge is -2.12. The number of carbonyl (C=O) groups excluding carboxylic acids is 1. The van der Waals surface area contributed by atoms with Gasteiger partial charge in [0.25, 0.3) is 0 Å². The number of hydrogen-bond acceptors (Lipinski definition) is 4. The summed E-state index contributed by atoms with van der Waals surface area (Å²) in [6, 6.07) is 7.49. The predicted molar refractivity (Wildman–Crippen MR) is 80.1 cm³/mol. The van der Waals surface area contributed by atoms with E-state index in [0.29, 0.717) is 25.5 Å². The molecule has 2 N–H and O–H groups in total. The van der Waals surface area contributed by atoms with Gasteiger partial charge in [-0.3, -0.25) is 4.79 Å².